The first kappa shape index (κ1) is 15.5. The largest absolute Gasteiger partial charge is 0.355 e. The Morgan fingerprint density at radius 1 is 1.43 bits per heavy atom. The topological polar surface area (TPSA) is 73.9 Å². The monoisotopic (exact) mass is 313 g/mol. The molecule has 6 heteroatoms. The first-order valence-corrected chi connectivity index (χ1v) is 8.09. The molecule has 3 heterocycles. The third kappa shape index (κ3) is 3.70. The number of carbonyl (C=O) groups is 1. The fourth-order valence-corrected chi connectivity index (χ4v) is 3.12. The van der Waals surface area contributed by atoms with Crippen molar-refractivity contribution in [3.63, 3.8) is 0 Å². The standard InChI is InChI=1S/C17H23N5O/c1-12-15(13(2)21-20-12)10-17(23)19-14-6-5-9-22(11-14)16-7-3-4-8-18-16/h3-4,7-8,14H,5-6,9-11H2,1-2H3,(H,19,23)(H,20,21)/t14-/m1/s1. The summed E-state index contributed by atoms with van der Waals surface area (Å²) in [5.74, 6) is 1.04. The molecule has 1 aliphatic rings. The molecule has 0 radical (unpaired) electrons. The van der Waals surface area contributed by atoms with Gasteiger partial charge in [-0.1, -0.05) is 6.07 Å². The quantitative estimate of drug-likeness (QED) is 0.902. The first-order valence-electron chi connectivity index (χ1n) is 8.09. The number of H-pyrrole nitrogens is 1. The summed E-state index contributed by atoms with van der Waals surface area (Å²) in [7, 11) is 0. The van der Waals surface area contributed by atoms with Gasteiger partial charge in [0.2, 0.25) is 5.91 Å². The molecule has 1 atom stereocenters. The molecule has 122 valence electrons. The number of amides is 1. The Hall–Kier alpha value is -2.37. The maximum atomic E-state index is 12.3. The lowest BCUT2D eigenvalue weighted by atomic mass is 10.0. The molecule has 6 nitrogen and oxygen atoms in total. The lowest BCUT2D eigenvalue weighted by Crippen LogP contribution is -2.48. The van der Waals surface area contributed by atoms with Crippen LogP contribution in [0.5, 0.6) is 0 Å². The number of carbonyl (C=O) groups excluding carboxylic acids is 1. The molecule has 0 bridgehead atoms. The number of rotatable bonds is 4. The van der Waals surface area contributed by atoms with E-state index in [1.54, 1.807) is 0 Å². The fraction of sp³-hybridized carbons (Fsp3) is 0.471. The van der Waals surface area contributed by atoms with Crippen LogP contribution < -0.4 is 10.2 Å². The minimum Gasteiger partial charge on any atom is -0.355 e. The highest BCUT2D eigenvalue weighted by molar-refractivity contribution is 5.79. The van der Waals surface area contributed by atoms with Crippen LogP contribution in [0.2, 0.25) is 0 Å². The molecule has 2 aromatic rings. The van der Waals surface area contributed by atoms with E-state index in [9.17, 15) is 4.79 Å². The van der Waals surface area contributed by atoms with Crippen molar-refractivity contribution < 1.29 is 4.79 Å². The summed E-state index contributed by atoms with van der Waals surface area (Å²) in [6.45, 7) is 5.68. The highest BCUT2D eigenvalue weighted by Gasteiger charge is 2.22. The van der Waals surface area contributed by atoms with Crippen LogP contribution >= 0.6 is 0 Å². The molecule has 3 rings (SSSR count). The van der Waals surface area contributed by atoms with Crippen molar-refractivity contribution in [1.29, 1.82) is 0 Å². The van der Waals surface area contributed by atoms with Gasteiger partial charge in [-0.3, -0.25) is 9.89 Å². The summed E-state index contributed by atoms with van der Waals surface area (Å²) in [5.41, 5.74) is 2.87. The summed E-state index contributed by atoms with van der Waals surface area (Å²) in [4.78, 5) is 19.0. The number of aryl methyl sites for hydroxylation is 2. The predicted octanol–water partition coefficient (Wildman–Crippen LogP) is 1.75. The molecule has 2 aromatic heterocycles. The van der Waals surface area contributed by atoms with Gasteiger partial charge in [-0.2, -0.15) is 5.10 Å². The van der Waals surface area contributed by atoms with Gasteiger partial charge in [0, 0.05) is 36.6 Å². The average molecular weight is 313 g/mol. The Morgan fingerprint density at radius 3 is 3.00 bits per heavy atom. The second kappa shape index (κ2) is 6.81. The highest BCUT2D eigenvalue weighted by Crippen LogP contribution is 2.17. The van der Waals surface area contributed by atoms with Crippen molar-refractivity contribution in [2.24, 2.45) is 0 Å². The molecule has 0 saturated carbocycles. The van der Waals surface area contributed by atoms with Crippen molar-refractivity contribution in [3.8, 4) is 0 Å². The summed E-state index contributed by atoms with van der Waals surface area (Å²) in [6, 6.07) is 6.10. The van der Waals surface area contributed by atoms with Crippen LogP contribution in [0.1, 0.15) is 29.8 Å². The normalized spacial score (nSPS) is 18.0. The SMILES string of the molecule is Cc1n[nH]c(C)c1CC(=O)N[C@@H]1CCCN(c2ccccn2)C1. The van der Waals surface area contributed by atoms with Crippen LogP contribution in [0.15, 0.2) is 24.4 Å². The number of nitrogens with zero attached hydrogens (tertiary/aromatic N) is 3. The molecular formula is C17H23N5O. The average Bonchev–Trinajstić information content (AvgIpc) is 2.88. The third-order valence-corrected chi connectivity index (χ3v) is 4.38. The Bertz CT molecular complexity index is 647. The van der Waals surface area contributed by atoms with Crippen LogP contribution in [0, 0.1) is 13.8 Å². The third-order valence-electron chi connectivity index (χ3n) is 4.38. The van der Waals surface area contributed by atoms with E-state index in [4.69, 9.17) is 0 Å². The number of nitrogens with one attached hydrogen (secondary N) is 2. The molecule has 2 N–H and O–H groups in total. The molecule has 1 amide bonds. The lowest BCUT2D eigenvalue weighted by molar-refractivity contribution is -0.121. The van der Waals surface area contributed by atoms with Crippen LogP contribution in [0.4, 0.5) is 5.82 Å². The molecular weight excluding hydrogens is 290 g/mol. The number of aromatic nitrogens is 3. The van der Waals surface area contributed by atoms with Crippen molar-refractivity contribution >= 4 is 11.7 Å². The van der Waals surface area contributed by atoms with Crippen molar-refractivity contribution in [1.82, 2.24) is 20.5 Å². The van der Waals surface area contributed by atoms with Gasteiger partial charge in [0.1, 0.15) is 5.82 Å². The zero-order valence-electron chi connectivity index (χ0n) is 13.7. The van der Waals surface area contributed by atoms with Gasteiger partial charge in [0.15, 0.2) is 0 Å². The molecule has 1 aliphatic heterocycles. The molecule has 1 fully saturated rings. The molecule has 0 spiro atoms. The smallest absolute Gasteiger partial charge is 0.224 e. The van der Waals surface area contributed by atoms with Gasteiger partial charge in [0.25, 0.3) is 0 Å². The molecule has 0 aromatic carbocycles. The van der Waals surface area contributed by atoms with Crippen LogP contribution in [0.25, 0.3) is 0 Å². The summed E-state index contributed by atoms with van der Waals surface area (Å²) < 4.78 is 0. The molecule has 23 heavy (non-hydrogen) atoms. The van der Waals surface area contributed by atoms with Gasteiger partial charge in [-0.25, -0.2) is 4.98 Å². The van der Waals surface area contributed by atoms with Crippen LogP contribution in [-0.2, 0) is 11.2 Å². The Morgan fingerprint density at radius 2 is 2.30 bits per heavy atom. The fourth-order valence-electron chi connectivity index (χ4n) is 3.12. The Kier molecular flexibility index (Phi) is 4.60. The van der Waals surface area contributed by atoms with Gasteiger partial charge in [0.05, 0.1) is 12.1 Å². The van der Waals surface area contributed by atoms with Crippen molar-refractivity contribution in [2.75, 3.05) is 18.0 Å². The Labute approximate surface area is 136 Å². The number of hydrogen-bond donors (Lipinski definition) is 2. The van der Waals surface area contributed by atoms with Gasteiger partial charge >= 0.3 is 0 Å². The van der Waals surface area contributed by atoms with E-state index < -0.39 is 0 Å². The predicted molar refractivity (Wildman–Crippen MR) is 89.4 cm³/mol. The van der Waals surface area contributed by atoms with E-state index in [2.05, 4.69) is 25.4 Å². The van der Waals surface area contributed by atoms with E-state index in [0.717, 1.165) is 48.7 Å². The molecule has 1 saturated heterocycles. The number of aromatic amines is 1. The number of pyridine rings is 1. The maximum Gasteiger partial charge on any atom is 0.224 e. The molecule has 0 aliphatic carbocycles. The molecule has 0 unspecified atom stereocenters. The van der Waals surface area contributed by atoms with E-state index in [1.165, 1.54) is 0 Å². The summed E-state index contributed by atoms with van der Waals surface area (Å²) in [6.07, 6.45) is 4.26. The minimum atomic E-state index is 0.0606. The summed E-state index contributed by atoms with van der Waals surface area (Å²) >= 11 is 0. The number of hydrogen-bond acceptors (Lipinski definition) is 4. The summed E-state index contributed by atoms with van der Waals surface area (Å²) in [5, 5.41) is 10.2. The van der Waals surface area contributed by atoms with Crippen molar-refractivity contribution in [2.45, 2.75) is 39.2 Å². The zero-order chi connectivity index (χ0) is 16.2. The van der Waals surface area contributed by atoms with Gasteiger partial charge < -0.3 is 10.2 Å². The van der Waals surface area contributed by atoms with Crippen LogP contribution in [-0.4, -0.2) is 40.2 Å². The zero-order valence-corrected chi connectivity index (χ0v) is 13.7. The number of anilines is 1. The first-order chi connectivity index (χ1) is 11.1. The lowest BCUT2D eigenvalue weighted by Gasteiger charge is -2.34. The highest BCUT2D eigenvalue weighted by atomic mass is 16.1. The van der Waals surface area contributed by atoms with E-state index >= 15 is 0 Å². The van der Waals surface area contributed by atoms with Crippen LogP contribution in [0.3, 0.4) is 0 Å². The number of piperidine rings is 1. The van der Waals surface area contributed by atoms with Crippen molar-refractivity contribution in [3.05, 3.63) is 41.3 Å². The minimum absolute atomic E-state index is 0.0606. The van der Waals surface area contributed by atoms with E-state index in [-0.39, 0.29) is 11.9 Å². The van der Waals surface area contributed by atoms with E-state index in [0.29, 0.717) is 6.42 Å². The van der Waals surface area contributed by atoms with Gasteiger partial charge in [-0.05, 0) is 38.8 Å². The van der Waals surface area contributed by atoms with Gasteiger partial charge in [-0.15, -0.1) is 0 Å². The van der Waals surface area contributed by atoms with E-state index in [1.807, 2.05) is 38.2 Å². The second-order valence-electron chi connectivity index (χ2n) is 6.13. The second-order valence-corrected chi connectivity index (χ2v) is 6.13. The maximum absolute atomic E-state index is 12.3. The Balaban J connectivity index is 1.58.